The summed E-state index contributed by atoms with van der Waals surface area (Å²) < 4.78 is 86.3. The van der Waals surface area contributed by atoms with E-state index in [1.54, 1.807) is 0 Å². The van der Waals surface area contributed by atoms with Crippen molar-refractivity contribution in [3.8, 4) is 0 Å². The first-order chi connectivity index (χ1) is 8.79. The lowest BCUT2D eigenvalue weighted by molar-refractivity contribution is -0.225. The van der Waals surface area contributed by atoms with Gasteiger partial charge in [0.15, 0.2) is 17.7 Å². The molecule has 1 heterocycles. The van der Waals surface area contributed by atoms with Crippen molar-refractivity contribution < 1.29 is 35.8 Å². The Bertz CT molecular complexity index is 469. The molecule has 0 saturated carbocycles. The van der Waals surface area contributed by atoms with Gasteiger partial charge in [-0.05, 0) is 6.07 Å². The molecule has 106 valence electrons. The number of rotatable bonds is 4. The Hall–Kier alpha value is -1.28. The van der Waals surface area contributed by atoms with E-state index >= 15 is 0 Å². The van der Waals surface area contributed by atoms with Gasteiger partial charge in [-0.2, -0.15) is 13.2 Å². The van der Waals surface area contributed by atoms with Crippen LogP contribution in [0.4, 0.5) is 26.3 Å². The van der Waals surface area contributed by atoms with Crippen LogP contribution in [-0.4, -0.2) is 25.5 Å². The summed E-state index contributed by atoms with van der Waals surface area (Å²) in [5, 5.41) is 0. The molecule has 1 fully saturated rings. The summed E-state index contributed by atoms with van der Waals surface area (Å²) in [5.41, 5.74) is -1.09. The molecule has 2 rings (SSSR count). The molecule has 1 aromatic rings. The topological polar surface area (TPSA) is 21.8 Å². The Morgan fingerprint density at radius 1 is 1.16 bits per heavy atom. The number of epoxide rings is 1. The molecule has 0 amide bonds. The number of alkyl halides is 3. The molecular weight excluding hydrogens is 278 g/mol. The van der Waals surface area contributed by atoms with Crippen molar-refractivity contribution in [2.75, 3.05) is 13.2 Å². The fourth-order valence-electron chi connectivity index (χ4n) is 1.47. The molecule has 8 heteroatoms. The van der Waals surface area contributed by atoms with Crippen molar-refractivity contribution in [1.82, 2.24) is 0 Å². The normalized spacial score (nSPS) is 20.4. The maximum atomic E-state index is 13.3. The summed E-state index contributed by atoms with van der Waals surface area (Å²) in [7, 11) is 0. The third-order valence-corrected chi connectivity index (χ3v) is 2.47. The minimum atomic E-state index is -4.94. The van der Waals surface area contributed by atoms with Crippen LogP contribution in [-0.2, 0) is 9.47 Å². The predicted octanol–water partition coefficient (Wildman–Crippen LogP) is 3.12. The first-order valence-corrected chi connectivity index (χ1v) is 5.23. The fourth-order valence-corrected chi connectivity index (χ4v) is 1.47. The Kier molecular flexibility index (Phi) is 3.73. The van der Waals surface area contributed by atoms with E-state index < -0.39 is 48.0 Å². The first kappa shape index (κ1) is 14.1. The first-order valence-electron chi connectivity index (χ1n) is 5.23. The second-order valence-corrected chi connectivity index (χ2v) is 4.00. The zero-order chi connectivity index (χ0) is 14.2. The number of hydrogen-bond acceptors (Lipinski definition) is 2. The molecule has 0 aliphatic carbocycles. The molecule has 0 N–H and O–H groups in total. The molecule has 0 radical (unpaired) electrons. The molecule has 0 bridgehead atoms. The SMILES string of the molecule is Fc1cc(F)c([C@@H](OC[C@@H]2CO2)C(F)(F)F)cc1F. The van der Waals surface area contributed by atoms with Crippen LogP contribution in [0.25, 0.3) is 0 Å². The Balaban J connectivity index is 2.28. The van der Waals surface area contributed by atoms with Crippen LogP contribution in [0.3, 0.4) is 0 Å². The highest BCUT2D eigenvalue weighted by molar-refractivity contribution is 5.23. The van der Waals surface area contributed by atoms with E-state index in [1.165, 1.54) is 0 Å². The zero-order valence-corrected chi connectivity index (χ0v) is 9.31. The van der Waals surface area contributed by atoms with Crippen LogP contribution in [0, 0.1) is 17.5 Å². The Labute approximate surface area is 103 Å². The minimum Gasteiger partial charge on any atom is -0.371 e. The summed E-state index contributed by atoms with van der Waals surface area (Å²) >= 11 is 0. The average molecular weight is 286 g/mol. The summed E-state index contributed by atoms with van der Waals surface area (Å²) in [6, 6.07) is 0.205. The van der Waals surface area contributed by atoms with Gasteiger partial charge in [-0.25, -0.2) is 13.2 Å². The van der Waals surface area contributed by atoms with Crippen LogP contribution in [0.2, 0.25) is 0 Å². The van der Waals surface area contributed by atoms with Crippen molar-refractivity contribution >= 4 is 0 Å². The number of benzene rings is 1. The van der Waals surface area contributed by atoms with Gasteiger partial charge in [0.2, 0.25) is 0 Å². The van der Waals surface area contributed by atoms with Crippen molar-refractivity contribution in [2.45, 2.75) is 18.4 Å². The van der Waals surface area contributed by atoms with Gasteiger partial charge in [0, 0.05) is 11.6 Å². The quantitative estimate of drug-likeness (QED) is 0.482. The highest BCUT2D eigenvalue weighted by atomic mass is 19.4. The van der Waals surface area contributed by atoms with E-state index in [2.05, 4.69) is 9.47 Å². The van der Waals surface area contributed by atoms with E-state index in [0.29, 0.717) is 0 Å². The third-order valence-electron chi connectivity index (χ3n) is 2.47. The van der Waals surface area contributed by atoms with Crippen molar-refractivity contribution in [2.24, 2.45) is 0 Å². The number of hydrogen-bond donors (Lipinski definition) is 0. The highest BCUT2D eigenvalue weighted by Crippen LogP contribution is 2.38. The molecule has 19 heavy (non-hydrogen) atoms. The van der Waals surface area contributed by atoms with Crippen molar-refractivity contribution in [1.29, 1.82) is 0 Å². The predicted molar refractivity (Wildman–Crippen MR) is 50.8 cm³/mol. The second-order valence-electron chi connectivity index (χ2n) is 4.00. The maximum Gasteiger partial charge on any atom is 0.418 e. The average Bonchev–Trinajstić information content (AvgIpc) is 3.07. The fraction of sp³-hybridized carbons (Fsp3) is 0.455. The third kappa shape index (κ3) is 3.38. The summed E-state index contributed by atoms with van der Waals surface area (Å²) in [6.07, 6.45) is -8.08. The van der Waals surface area contributed by atoms with E-state index in [-0.39, 0.29) is 18.7 Å². The maximum absolute atomic E-state index is 13.3. The molecule has 2 atom stereocenters. The summed E-state index contributed by atoms with van der Waals surface area (Å²) in [4.78, 5) is 0. The van der Waals surface area contributed by atoms with Gasteiger partial charge in [0.25, 0.3) is 0 Å². The molecule has 1 aromatic carbocycles. The lowest BCUT2D eigenvalue weighted by Crippen LogP contribution is -2.26. The molecule has 0 spiro atoms. The van der Waals surface area contributed by atoms with Crippen LogP contribution < -0.4 is 0 Å². The Morgan fingerprint density at radius 3 is 2.26 bits per heavy atom. The van der Waals surface area contributed by atoms with Gasteiger partial charge >= 0.3 is 6.18 Å². The van der Waals surface area contributed by atoms with Crippen molar-refractivity contribution in [3.63, 3.8) is 0 Å². The van der Waals surface area contributed by atoms with E-state index in [0.717, 1.165) is 0 Å². The van der Waals surface area contributed by atoms with Gasteiger partial charge in [0.1, 0.15) is 11.9 Å². The summed E-state index contributed by atoms with van der Waals surface area (Å²) in [5.74, 6) is -4.65. The zero-order valence-electron chi connectivity index (χ0n) is 9.31. The molecular formula is C11H8F6O2. The van der Waals surface area contributed by atoms with Crippen LogP contribution >= 0.6 is 0 Å². The van der Waals surface area contributed by atoms with E-state index in [1.807, 2.05) is 0 Å². The Morgan fingerprint density at radius 2 is 1.74 bits per heavy atom. The van der Waals surface area contributed by atoms with Gasteiger partial charge < -0.3 is 9.47 Å². The standard InChI is InChI=1S/C11H8F6O2/c12-7-2-9(14)8(13)1-6(7)10(11(15,16)17)19-4-5-3-18-5/h1-2,5,10H,3-4H2/t5-,10+/m0/s1. The monoisotopic (exact) mass is 286 g/mol. The van der Waals surface area contributed by atoms with Crippen LogP contribution in [0.5, 0.6) is 0 Å². The van der Waals surface area contributed by atoms with Crippen molar-refractivity contribution in [3.05, 3.63) is 35.1 Å². The molecule has 1 saturated heterocycles. The van der Waals surface area contributed by atoms with Gasteiger partial charge in [-0.15, -0.1) is 0 Å². The smallest absolute Gasteiger partial charge is 0.371 e. The van der Waals surface area contributed by atoms with Gasteiger partial charge in [-0.3, -0.25) is 0 Å². The van der Waals surface area contributed by atoms with Crippen LogP contribution in [0.15, 0.2) is 12.1 Å². The lowest BCUT2D eigenvalue weighted by Gasteiger charge is -2.21. The molecule has 1 aliphatic heterocycles. The minimum absolute atomic E-state index is 0.0559. The molecule has 0 unspecified atom stereocenters. The van der Waals surface area contributed by atoms with Gasteiger partial charge in [0.05, 0.1) is 13.2 Å². The van der Waals surface area contributed by atoms with Gasteiger partial charge in [-0.1, -0.05) is 0 Å². The van der Waals surface area contributed by atoms with E-state index in [9.17, 15) is 26.3 Å². The highest BCUT2D eigenvalue weighted by Gasteiger charge is 2.44. The molecule has 2 nitrogen and oxygen atoms in total. The number of halogens is 6. The van der Waals surface area contributed by atoms with Crippen LogP contribution in [0.1, 0.15) is 11.7 Å². The number of ether oxygens (including phenoxy) is 2. The molecule has 0 aromatic heterocycles. The summed E-state index contributed by atoms with van der Waals surface area (Å²) in [6.45, 7) is -0.145. The largest absolute Gasteiger partial charge is 0.418 e. The van der Waals surface area contributed by atoms with E-state index in [4.69, 9.17) is 0 Å². The molecule has 1 aliphatic rings. The second kappa shape index (κ2) is 5.01. The lowest BCUT2D eigenvalue weighted by atomic mass is 10.1.